The number of hydrogen-bond acceptors (Lipinski definition) is 3. The van der Waals surface area contributed by atoms with Crippen LogP contribution in [0.5, 0.6) is 0 Å². The summed E-state index contributed by atoms with van der Waals surface area (Å²) in [4.78, 5) is 22.7. The summed E-state index contributed by atoms with van der Waals surface area (Å²) in [7, 11) is 0. The molecule has 0 spiro atoms. The van der Waals surface area contributed by atoms with Crippen LogP contribution in [0.3, 0.4) is 0 Å². The van der Waals surface area contributed by atoms with Crippen LogP contribution in [0.4, 0.5) is 0 Å². The van der Waals surface area contributed by atoms with E-state index in [9.17, 15) is 9.59 Å². The zero-order valence-electron chi connectivity index (χ0n) is 14.2. The van der Waals surface area contributed by atoms with Gasteiger partial charge in [-0.2, -0.15) is 5.06 Å². The Balaban J connectivity index is 1.84. The van der Waals surface area contributed by atoms with Gasteiger partial charge < -0.3 is 0 Å². The number of carbonyl (C=O) groups is 2. The molecule has 4 nitrogen and oxygen atoms in total. The molecule has 4 heteroatoms. The van der Waals surface area contributed by atoms with Crippen molar-refractivity contribution in [2.24, 2.45) is 5.92 Å². The molecule has 0 aliphatic carbocycles. The Morgan fingerprint density at radius 3 is 1.73 bits per heavy atom. The van der Waals surface area contributed by atoms with Crippen molar-refractivity contribution in [1.29, 1.82) is 0 Å². The smallest absolute Gasteiger partial charge is 0.256 e. The van der Waals surface area contributed by atoms with E-state index in [4.69, 9.17) is 5.21 Å². The minimum Gasteiger partial charge on any atom is -0.279 e. The molecule has 1 aliphatic heterocycles. The maximum absolute atomic E-state index is 11.5. The lowest BCUT2D eigenvalue weighted by molar-refractivity contribution is -0.172. The monoisotopic (exact) mass is 311 g/mol. The fraction of sp³-hybridized carbons (Fsp3) is 0.889. The van der Waals surface area contributed by atoms with Crippen LogP contribution in [0.2, 0.25) is 0 Å². The minimum absolute atomic E-state index is 0.188. The number of hydroxylamine groups is 2. The lowest BCUT2D eigenvalue weighted by Gasteiger charge is -2.07. The third kappa shape index (κ3) is 7.39. The standard InChI is InChI=1S/C18H33NO3/c1-2-3-4-5-6-7-8-9-10-11-12-13-14-16-15-17(20)19(22)18(16)21/h16,22H,2-15H2,1H3. The average molecular weight is 311 g/mol. The molecule has 1 heterocycles. The van der Waals surface area contributed by atoms with E-state index in [1.807, 2.05) is 0 Å². The molecule has 0 bridgehead atoms. The third-order valence-corrected chi connectivity index (χ3v) is 4.62. The number of carbonyl (C=O) groups excluding carboxylic acids is 2. The van der Waals surface area contributed by atoms with Crippen molar-refractivity contribution in [2.75, 3.05) is 0 Å². The molecule has 1 fully saturated rings. The largest absolute Gasteiger partial charge is 0.279 e. The molecule has 0 radical (unpaired) electrons. The summed E-state index contributed by atoms with van der Waals surface area (Å²) in [5.41, 5.74) is 0. The molecule has 128 valence electrons. The van der Waals surface area contributed by atoms with E-state index in [0.717, 1.165) is 19.3 Å². The number of amides is 2. The second-order valence-corrected chi connectivity index (χ2v) is 6.62. The van der Waals surface area contributed by atoms with Crippen LogP contribution in [-0.2, 0) is 9.59 Å². The van der Waals surface area contributed by atoms with Crippen LogP contribution in [0.1, 0.15) is 96.8 Å². The molecule has 0 aromatic heterocycles. The number of hydrogen-bond donors (Lipinski definition) is 1. The third-order valence-electron chi connectivity index (χ3n) is 4.62. The van der Waals surface area contributed by atoms with Crippen molar-refractivity contribution < 1.29 is 14.8 Å². The van der Waals surface area contributed by atoms with Gasteiger partial charge in [0, 0.05) is 12.3 Å². The van der Waals surface area contributed by atoms with Gasteiger partial charge in [0.05, 0.1) is 0 Å². The topological polar surface area (TPSA) is 57.6 Å². The Kier molecular flexibility index (Phi) is 10.1. The summed E-state index contributed by atoms with van der Waals surface area (Å²) in [5, 5.41) is 9.46. The molecule has 0 aromatic rings. The molecular weight excluding hydrogens is 278 g/mol. The van der Waals surface area contributed by atoms with Gasteiger partial charge in [-0.15, -0.1) is 0 Å². The van der Waals surface area contributed by atoms with Crippen molar-refractivity contribution in [3.63, 3.8) is 0 Å². The maximum atomic E-state index is 11.5. The van der Waals surface area contributed by atoms with Gasteiger partial charge in [0.15, 0.2) is 0 Å². The van der Waals surface area contributed by atoms with Gasteiger partial charge in [-0.1, -0.05) is 84.0 Å². The van der Waals surface area contributed by atoms with Gasteiger partial charge >= 0.3 is 0 Å². The first-order valence-electron chi connectivity index (χ1n) is 9.22. The first-order chi connectivity index (χ1) is 10.7. The Bertz CT molecular complexity index is 330. The van der Waals surface area contributed by atoms with Gasteiger partial charge in [-0.05, 0) is 6.42 Å². The molecule has 1 N–H and O–H groups in total. The Morgan fingerprint density at radius 1 is 0.864 bits per heavy atom. The van der Waals surface area contributed by atoms with Crippen molar-refractivity contribution in [3.05, 3.63) is 0 Å². The summed E-state index contributed by atoms with van der Waals surface area (Å²) in [6, 6.07) is 0. The fourth-order valence-electron chi connectivity index (χ4n) is 3.14. The predicted molar refractivity (Wildman–Crippen MR) is 87.4 cm³/mol. The molecule has 1 unspecified atom stereocenters. The number of unbranched alkanes of at least 4 members (excludes halogenated alkanes) is 11. The SMILES string of the molecule is CCCCCCCCCCCCCCC1CC(=O)N(O)C1=O. The van der Waals surface area contributed by atoms with Crippen LogP contribution in [0.25, 0.3) is 0 Å². The molecule has 0 aromatic carbocycles. The van der Waals surface area contributed by atoms with E-state index in [0.29, 0.717) is 5.06 Å². The molecule has 0 saturated carbocycles. The predicted octanol–water partition coefficient (Wildman–Crippen LogP) is 4.84. The zero-order chi connectivity index (χ0) is 16.2. The highest BCUT2D eigenvalue weighted by Crippen LogP contribution is 2.23. The summed E-state index contributed by atoms with van der Waals surface area (Å²) >= 11 is 0. The normalized spacial score (nSPS) is 18.5. The quantitative estimate of drug-likeness (QED) is 0.301. The highest BCUT2D eigenvalue weighted by atomic mass is 16.5. The molecule has 1 rings (SSSR count). The van der Waals surface area contributed by atoms with Crippen LogP contribution in [0, 0.1) is 5.92 Å². The summed E-state index contributed by atoms with van der Waals surface area (Å²) in [6.45, 7) is 2.25. The summed E-state index contributed by atoms with van der Waals surface area (Å²) in [6.07, 6.45) is 16.4. The Labute approximate surface area is 135 Å². The second kappa shape index (κ2) is 11.6. The van der Waals surface area contributed by atoms with Crippen molar-refractivity contribution >= 4 is 11.8 Å². The molecule has 1 saturated heterocycles. The number of imide groups is 1. The molecule has 1 aliphatic rings. The van der Waals surface area contributed by atoms with Crippen LogP contribution in [0.15, 0.2) is 0 Å². The van der Waals surface area contributed by atoms with E-state index >= 15 is 0 Å². The summed E-state index contributed by atoms with van der Waals surface area (Å²) in [5.74, 6) is -1.14. The fourth-order valence-corrected chi connectivity index (χ4v) is 3.14. The van der Waals surface area contributed by atoms with E-state index in [1.54, 1.807) is 0 Å². The van der Waals surface area contributed by atoms with Crippen LogP contribution in [-0.4, -0.2) is 22.1 Å². The van der Waals surface area contributed by atoms with Crippen molar-refractivity contribution in [2.45, 2.75) is 96.8 Å². The number of nitrogens with zero attached hydrogens (tertiary/aromatic N) is 1. The van der Waals surface area contributed by atoms with E-state index < -0.39 is 11.8 Å². The van der Waals surface area contributed by atoms with E-state index in [2.05, 4.69) is 6.92 Å². The average Bonchev–Trinajstić information content (AvgIpc) is 2.75. The highest BCUT2D eigenvalue weighted by Gasteiger charge is 2.37. The van der Waals surface area contributed by atoms with Gasteiger partial charge in [0.25, 0.3) is 11.8 Å². The van der Waals surface area contributed by atoms with Gasteiger partial charge in [0.1, 0.15) is 0 Å². The van der Waals surface area contributed by atoms with Crippen molar-refractivity contribution in [3.8, 4) is 0 Å². The first-order valence-corrected chi connectivity index (χ1v) is 9.22. The van der Waals surface area contributed by atoms with Gasteiger partial charge in [-0.25, -0.2) is 0 Å². The van der Waals surface area contributed by atoms with Gasteiger partial charge in [0.2, 0.25) is 0 Å². The Morgan fingerprint density at radius 2 is 1.32 bits per heavy atom. The van der Waals surface area contributed by atoms with Crippen LogP contribution >= 0.6 is 0 Å². The maximum Gasteiger partial charge on any atom is 0.256 e. The molecule has 2 amide bonds. The van der Waals surface area contributed by atoms with Gasteiger partial charge in [-0.3, -0.25) is 14.8 Å². The Hall–Kier alpha value is -0.900. The van der Waals surface area contributed by atoms with E-state index in [-0.39, 0.29) is 12.3 Å². The molecular formula is C18H33NO3. The molecule has 22 heavy (non-hydrogen) atoms. The molecule has 1 atom stereocenters. The summed E-state index contributed by atoms with van der Waals surface area (Å²) < 4.78 is 0. The highest BCUT2D eigenvalue weighted by molar-refractivity contribution is 6.02. The first kappa shape index (κ1) is 19.1. The van der Waals surface area contributed by atoms with E-state index in [1.165, 1.54) is 64.2 Å². The van der Waals surface area contributed by atoms with Crippen LogP contribution < -0.4 is 0 Å². The second-order valence-electron chi connectivity index (χ2n) is 6.62. The zero-order valence-corrected chi connectivity index (χ0v) is 14.2. The number of rotatable bonds is 13. The lowest BCUT2D eigenvalue weighted by atomic mass is 9.98. The minimum atomic E-state index is -0.450. The van der Waals surface area contributed by atoms with Crippen molar-refractivity contribution in [1.82, 2.24) is 5.06 Å². The lowest BCUT2D eigenvalue weighted by Crippen LogP contribution is -2.26.